The largest absolute Gasteiger partial charge is 0.443 e. The molecule has 0 aliphatic carbocycles. The quantitative estimate of drug-likeness (QED) is 0.371. The molecule has 9 nitrogen and oxygen atoms in total. The van der Waals surface area contributed by atoms with Crippen LogP contribution in [0.4, 0.5) is 10.3 Å². The van der Waals surface area contributed by atoms with Gasteiger partial charge in [0.2, 0.25) is 5.65 Å². The number of nitrogens with one attached hydrogen (secondary N) is 1. The fourth-order valence-corrected chi connectivity index (χ4v) is 4.39. The average Bonchev–Trinajstić information content (AvgIpc) is 3.46. The first kappa shape index (κ1) is 21.7. The van der Waals surface area contributed by atoms with E-state index in [1.54, 1.807) is 18.3 Å². The average molecular weight is 482 g/mol. The van der Waals surface area contributed by atoms with E-state index in [-0.39, 0.29) is 24.0 Å². The minimum atomic E-state index is -0.387. The van der Waals surface area contributed by atoms with Crippen LogP contribution in [0.1, 0.15) is 16.8 Å². The second-order valence-corrected chi connectivity index (χ2v) is 8.68. The van der Waals surface area contributed by atoms with Gasteiger partial charge >= 0.3 is 11.6 Å². The van der Waals surface area contributed by atoms with Crippen molar-refractivity contribution >= 4 is 22.7 Å². The molecule has 6 rings (SSSR count). The van der Waals surface area contributed by atoms with E-state index in [4.69, 9.17) is 10.2 Å². The van der Waals surface area contributed by atoms with Crippen LogP contribution >= 0.6 is 0 Å². The minimum absolute atomic E-state index is 0.00223. The Labute approximate surface area is 203 Å². The molecule has 0 saturated carbocycles. The number of H-pyrrole nitrogens is 1. The Morgan fingerprint density at radius 1 is 1.08 bits per heavy atom. The van der Waals surface area contributed by atoms with E-state index in [0.29, 0.717) is 33.7 Å². The number of nitrogens with zero attached hydrogens (tertiary/aromatic N) is 5. The molecule has 10 heteroatoms. The first-order valence-electron chi connectivity index (χ1n) is 11.2. The van der Waals surface area contributed by atoms with Gasteiger partial charge in [-0.3, -0.25) is 4.98 Å². The number of nitrogen functional groups attached to an aromatic ring is 1. The number of halogens is 1. The zero-order valence-corrected chi connectivity index (χ0v) is 19.5. The lowest BCUT2D eigenvalue weighted by molar-refractivity contribution is -0.516. The van der Waals surface area contributed by atoms with Gasteiger partial charge in [0.1, 0.15) is 23.6 Å². The van der Waals surface area contributed by atoms with Crippen molar-refractivity contribution in [3.05, 3.63) is 94.2 Å². The molecular weight excluding hydrogens is 461 g/mol. The highest BCUT2D eigenvalue weighted by Crippen LogP contribution is 2.35. The lowest BCUT2D eigenvalue weighted by Gasteiger charge is -2.09. The molecular formula is C26H21FN7O2+. The number of anilines is 1. The SMILES string of the molecule is Cc1ccc(Cn2[nH]c3c(-c4cc(C)c5ncoc5c4)c(-c4ccc(F)cc4)nc(N)[n+]3c2=O)nc1. The summed E-state index contributed by atoms with van der Waals surface area (Å²) in [5.74, 6) is -0.366. The maximum Gasteiger partial charge on any atom is 0.428 e. The van der Waals surface area contributed by atoms with Crippen molar-refractivity contribution < 1.29 is 13.2 Å². The zero-order valence-electron chi connectivity index (χ0n) is 19.5. The molecule has 0 aliphatic heterocycles. The number of aromatic amines is 1. The number of aromatic nitrogens is 6. The van der Waals surface area contributed by atoms with Gasteiger partial charge < -0.3 is 10.2 Å². The van der Waals surface area contributed by atoms with Gasteiger partial charge in [-0.15, -0.1) is 9.38 Å². The number of pyridine rings is 1. The number of nitrogens with two attached hydrogens (primary N) is 1. The number of rotatable bonds is 4. The Hall–Kier alpha value is -4.86. The van der Waals surface area contributed by atoms with Gasteiger partial charge in [-0.05, 0) is 73.0 Å². The van der Waals surface area contributed by atoms with Crippen molar-refractivity contribution in [1.29, 1.82) is 0 Å². The fraction of sp³-hybridized carbons (Fsp3) is 0.115. The molecule has 6 aromatic rings. The van der Waals surface area contributed by atoms with E-state index in [1.165, 1.54) is 27.6 Å². The molecule has 3 N–H and O–H groups in total. The highest BCUT2D eigenvalue weighted by Gasteiger charge is 2.26. The molecule has 0 atom stereocenters. The summed E-state index contributed by atoms with van der Waals surface area (Å²) in [5.41, 5.74) is 12.8. The van der Waals surface area contributed by atoms with E-state index >= 15 is 0 Å². The van der Waals surface area contributed by atoms with Gasteiger partial charge in [0, 0.05) is 11.8 Å². The van der Waals surface area contributed by atoms with Crippen molar-refractivity contribution in [2.24, 2.45) is 0 Å². The lowest BCUT2D eigenvalue weighted by atomic mass is 9.98. The summed E-state index contributed by atoms with van der Waals surface area (Å²) in [6.07, 6.45) is 3.14. The number of hydrogen-bond acceptors (Lipinski definition) is 6. The van der Waals surface area contributed by atoms with Gasteiger partial charge in [-0.25, -0.2) is 19.3 Å². The first-order chi connectivity index (χ1) is 17.4. The van der Waals surface area contributed by atoms with E-state index < -0.39 is 0 Å². The van der Waals surface area contributed by atoms with Crippen molar-refractivity contribution in [3.63, 3.8) is 0 Å². The molecule has 0 amide bonds. The Balaban J connectivity index is 1.65. The summed E-state index contributed by atoms with van der Waals surface area (Å²) in [6, 6.07) is 13.6. The standard InChI is InChI=1S/C26H20FN7O2/c1-14-3-8-19(29-11-14)12-33-26(35)34-24(32-33)21(17-9-15(2)22-20(10-17)36-13-30-22)23(31-25(34)28)16-4-6-18(27)7-5-16/h3-11,13H,12H2,1-2H3,(H2,28,31,32)/p+1. The zero-order chi connectivity index (χ0) is 25.0. The van der Waals surface area contributed by atoms with E-state index in [9.17, 15) is 9.18 Å². The Bertz CT molecular complexity index is 1820. The monoisotopic (exact) mass is 482 g/mol. The van der Waals surface area contributed by atoms with Gasteiger partial charge in [0.15, 0.2) is 12.0 Å². The summed E-state index contributed by atoms with van der Waals surface area (Å²) in [4.78, 5) is 26.7. The number of fused-ring (bicyclic) bond motifs is 2. The molecule has 0 saturated heterocycles. The Morgan fingerprint density at radius 2 is 1.89 bits per heavy atom. The van der Waals surface area contributed by atoms with E-state index in [1.807, 2.05) is 38.1 Å². The molecule has 0 fully saturated rings. The van der Waals surface area contributed by atoms with E-state index in [2.05, 4.69) is 20.1 Å². The highest BCUT2D eigenvalue weighted by atomic mass is 19.1. The molecule has 4 heterocycles. The van der Waals surface area contributed by atoms with Crippen molar-refractivity contribution in [3.8, 4) is 22.4 Å². The lowest BCUT2D eigenvalue weighted by Crippen LogP contribution is -2.44. The molecule has 0 bridgehead atoms. The normalized spacial score (nSPS) is 11.5. The van der Waals surface area contributed by atoms with Crippen LogP contribution in [0.3, 0.4) is 0 Å². The molecule has 4 aromatic heterocycles. The van der Waals surface area contributed by atoms with Crippen LogP contribution in [0.2, 0.25) is 0 Å². The number of aryl methyl sites for hydroxylation is 2. The molecule has 0 radical (unpaired) electrons. The van der Waals surface area contributed by atoms with Gasteiger partial charge in [0.25, 0.3) is 0 Å². The number of oxazole rings is 1. The van der Waals surface area contributed by atoms with Crippen LogP contribution in [-0.2, 0) is 6.54 Å². The van der Waals surface area contributed by atoms with Gasteiger partial charge in [-0.1, -0.05) is 6.07 Å². The van der Waals surface area contributed by atoms with Crippen LogP contribution in [0.15, 0.2) is 70.3 Å². The first-order valence-corrected chi connectivity index (χ1v) is 11.2. The second kappa shape index (κ2) is 8.12. The molecule has 36 heavy (non-hydrogen) atoms. The van der Waals surface area contributed by atoms with Crippen LogP contribution in [0, 0.1) is 19.7 Å². The Kier molecular flexibility index (Phi) is 4.89. The maximum atomic E-state index is 13.7. The third-order valence-electron chi connectivity index (χ3n) is 6.14. The molecule has 2 aromatic carbocycles. The summed E-state index contributed by atoms with van der Waals surface area (Å²) >= 11 is 0. The third kappa shape index (κ3) is 3.50. The number of hydrogen-bond donors (Lipinski definition) is 2. The van der Waals surface area contributed by atoms with Crippen molar-refractivity contribution in [2.45, 2.75) is 20.4 Å². The summed E-state index contributed by atoms with van der Waals surface area (Å²) in [5, 5.41) is 3.20. The summed E-state index contributed by atoms with van der Waals surface area (Å²) < 4.78 is 22.1. The number of benzene rings is 2. The van der Waals surface area contributed by atoms with Crippen LogP contribution in [-0.4, -0.2) is 24.7 Å². The van der Waals surface area contributed by atoms with E-state index in [0.717, 1.165) is 22.2 Å². The highest BCUT2D eigenvalue weighted by molar-refractivity contribution is 5.93. The van der Waals surface area contributed by atoms with Gasteiger partial charge in [0.05, 0.1) is 11.3 Å². The van der Waals surface area contributed by atoms with Crippen LogP contribution in [0.5, 0.6) is 0 Å². The molecule has 0 unspecified atom stereocenters. The van der Waals surface area contributed by atoms with Crippen LogP contribution < -0.4 is 15.8 Å². The van der Waals surface area contributed by atoms with Crippen molar-refractivity contribution in [2.75, 3.05) is 5.73 Å². The third-order valence-corrected chi connectivity index (χ3v) is 6.14. The Morgan fingerprint density at radius 3 is 2.64 bits per heavy atom. The smallest absolute Gasteiger partial charge is 0.428 e. The molecule has 178 valence electrons. The second-order valence-electron chi connectivity index (χ2n) is 8.68. The van der Waals surface area contributed by atoms with Crippen molar-refractivity contribution in [1.82, 2.24) is 24.7 Å². The predicted molar refractivity (Wildman–Crippen MR) is 132 cm³/mol. The summed E-state index contributed by atoms with van der Waals surface area (Å²) in [6.45, 7) is 4.09. The predicted octanol–water partition coefficient (Wildman–Crippen LogP) is 3.57. The van der Waals surface area contributed by atoms with Crippen LogP contribution in [0.25, 0.3) is 39.1 Å². The minimum Gasteiger partial charge on any atom is -0.443 e. The van der Waals surface area contributed by atoms with Gasteiger partial charge in [-0.2, -0.15) is 4.68 Å². The topological polar surface area (TPSA) is 120 Å². The fourth-order valence-electron chi connectivity index (χ4n) is 4.39. The molecule has 0 spiro atoms. The summed E-state index contributed by atoms with van der Waals surface area (Å²) in [7, 11) is 0. The molecule has 0 aliphatic rings. The maximum absolute atomic E-state index is 13.7.